The van der Waals surface area contributed by atoms with Crippen molar-refractivity contribution in [3.05, 3.63) is 35.5 Å². The van der Waals surface area contributed by atoms with Gasteiger partial charge in [0.15, 0.2) is 5.13 Å². The molecule has 0 fully saturated rings. The van der Waals surface area contributed by atoms with Crippen molar-refractivity contribution in [2.24, 2.45) is 0 Å². The van der Waals surface area contributed by atoms with Gasteiger partial charge in [-0.25, -0.2) is 9.97 Å². The van der Waals surface area contributed by atoms with Crippen LogP contribution in [0.5, 0.6) is 0 Å². The van der Waals surface area contributed by atoms with Crippen molar-refractivity contribution in [2.45, 2.75) is 0 Å². The molecule has 1 amide bonds. The largest absolute Gasteiger partial charge is 0.373 e. The third-order valence-corrected chi connectivity index (χ3v) is 2.62. The molecule has 0 aromatic carbocycles. The molecule has 2 aromatic rings. The molecule has 0 spiro atoms. The summed E-state index contributed by atoms with van der Waals surface area (Å²) in [6.45, 7) is 0. The molecule has 0 unspecified atom stereocenters. The minimum Gasteiger partial charge on any atom is -0.373 e. The number of anilines is 2. The van der Waals surface area contributed by atoms with Gasteiger partial charge in [-0.3, -0.25) is 10.1 Å². The van der Waals surface area contributed by atoms with Gasteiger partial charge >= 0.3 is 0 Å². The van der Waals surface area contributed by atoms with Gasteiger partial charge < -0.3 is 5.32 Å². The number of pyridine rings is 1. The molecule has 0 aliphatic carbocycles. The van der Waals surface area contributed by atoms with Gasteiger partial charge in [0.25, 0.3) is 5.91 Å². The maximum atomic E-state index is 11.7. The fraction of sp³-hybridized carbons (Fsp3) is 0.100. The van der Waals surface area contributed by atoms with Crippen molar-refractivity contribution in [1.29, 1.82) is 0 Å². The van der Waals surface area contributed by atoms with Crippen LogP contribution < -0.4 is 10.6 Å². The maximum absolute atomic E-state index is 11.7. The molecule has 0 aliphatic heterocycles. The van der Waals surface area contributed by atoms with Crippen molar-refractivity contribution in [3.8, 4) is 0 Å². The molecule has 2 aromatic heterocycles. The predicted octanol–water partition coefficient (Wildman–Crippen LogP) is 1.83. The van der Waals surface area contributed by atoms with Crippen LogP contribution in [0.25, 0.3) is 0 Å². The normalized spacial score (nSPS) is 9.81. The second-order valence-electron chi connectivity index (χ2n) is 2.97. The van der Waals surface area contributed by atoms with E-state index in [1.807, 2.05) is 0 Å². The molecule has 5 nitrogen and oxygen atoms in total. The lowest BCUT2D eigenvalue weighted by Crippen LogP contribution is -2.12. The summed E-state index contributed by atoms with van der Waals surface area (Å²) in [6.07, 6.45) is 3.16. The molecule has 2 heterocycles. The number of aromatic nitrogens is 2. The van der Waals surface area contributed by atoms with Crippen LogP contribution in [0.1, 0.15) is 10.4 Å². The molecular formula is C10H10N4OS. The fourth-order valence-electron chi connectivity index (χ4n) is 1.13. The lowest BCUT2D eigenvalue weighted by Gasteiger charge is -2.02. The first-order valence-corrected chi connectivity index (χ1v) is 5.52. The van der Waals surface area contributed by atoms with Crippen molar-refractivity contribution >= 4 is 28.2 Å². The predicted molar refractivity (Wildman–Crippen MR) is 63.9 cm³/mol. The average Bonchev–Trinajstić information content (AvgIpc) is 2.82. The van der Waals surface area contributed by atoms with Crippen LogP contribution in [0, 0.1) is 0 Å². The minimum absolute atomic E-state index is 0.204. The first-order valence-electron chi connectivity index (χ1n) is 4.64. The molecular weight excluding hydrogens is 224 g/mol. The summed E-state index contributed by atoms with van der Waals surface area (Å²) in [5, 5.41) is 7.96. The molecule has 0 radical (unpaired) electrons. The zero-order valence-corrected chi connectivity index (χ0v) is 9.41. The molecule has 0 atom stereocenters. The number of amides is 1. The zero-order valence-electron chi connectivity index (χ0n) is 8.60. The van der Waals surface area contributed by atoms with Crippen LogP contribution >= 0.6 is 11.3 Å². The zero-order chi connectivity index (χ0) is 11.4. The van der Waals surface area contributed by atoms with Gasteiger partial charge in [0.1, 0.15) is 5.82 Å². The van der Waals surface area contributed by atoms with Gasteiger partial charge in [0.2, 0.25) is 0 Å². The van der Waals surface area contributed by atoms with Crippen molar-refractivity contribution in [3.63, 3.8) is 0 Å². The fourth-order valence-corrected chi connectivity index (χ4v) is 1.65. The lowest BCUT2D eigenvalue weighted by molar-refractivity contribution is 0.102. The molecule has 2 rings (SSSR count). The van der Waals surface area contributed by atoms with E-state index in [1.54, 1.807) is 30.8 Å². The van der Waals surface area contributed by atoms with Gasteiger partial charge in [0.05, 0.1) is 5.56 Å². The third kappa shape index (κ3) is 2.34. The van der Waals surface area contributed by atoms with Crippen LogP contribution in [-0.2, 0) is 0 Å². The van der Waals surface area contributed by atoms with E-state index in [9.17, 15) is 4.79 Å². The number of hydrogen-bond donors (Lipinski definition) is 2. The Kier molecular flexibility index (Phi) is 3.11. The first kappa shape index (κ1) is 10.6. The molecule has 82 valence electrons. The summed E-state index contributed by atoms with van der Waals surface area (Å²) < 4.78 is 0. The van der Waals surface area contributed by atoms with E-state index in [2.05, 4.69) is 20.6 Å². The minimum atomic E-state index is -0.204. The molecule has 16 heavy (non-hydrogen) atoms. The number of hydrogen-bond acceptors (Lipinski definition) is 5. The molecule has 2 N–H and O–H groups in total. The highest BCUT2D eigenvalue weighted by atomic mass is 32.1. The van der Waals surface area contributed by atoms with E-state index in [1.165, 1.54) is 17.5 Å². The standard InChI is InChI=1S/C10H10N4OS/c1-11-8-3-2-7(6-13-8)9(15)14-10-12-4-5-16-10/h2-6H,1H3,(H,11,13)(H,12,14,15). The molecule has 0 saturated carbocycles. The highest BCUT2D eigenvalue weighted by molar-refractivity contribution is 7.13. The van der Waals surface area contributed by atoms with Gasteiger partial charge in [-0.2, -0.15) is 0 Å². The SMILES string of the molecule is CNc1ccc(C(=O)Nc2nccs2)cn1. The Bertz CT molecular complexity index is 466. The van der Waals surface area contributed by atoms with Crippen LogP contribution in [-0.4, -0.2) is 22.9 Å². The number of nitrogens with zero attached hydrogens (tertiary/aromatic N) is 2. The number of carbonyl (C=O) groups excluding carboxylic acids is 1. The lowest BCUT2D eigenvalue weighted by atomic mass is 10.2. The number of rotatable bonds is 3. The summed E-state index contributed by atoms with van der Waals surface area (Å²) in [6, 6.07) is 3.46. The van der Waals surface area contributed by atoms with Crippen molar-refractivity contribution < 1.29 is 4.79 Å². The Morgan fingerprint density at radius 1 is 1.38 bits per heavy atom. The highest BCUT2D eigenvalue weighted by Gasteiger charge is 2.07. The number of thiazole rings is 1. The quantitative estimate of drug-likeness (QED) is 0.850. The average molecular weight is 234 g/mol. The van der Waals surface area contributed by atoms with E-state index in [0.29, 0.717) is 10.7 Å². The van der Waals surface area contributed by atoms with E-state index < -0.39 is 0 Å². The van der Waals surface area contributed by atoms with Crippen molar-refractivity contribution in [1.82, 2.24) is 9.97 Å². The molecule has 0 bridgehead atoms. The summed E-state index contributed by atoms with van der Waals surface area (Å²) in [5.41, 5.74) is 0.509. The smallest absolute Gasteiger partial charge is 0.259 e. The van der Waals surface area contributed by atoms with E-state index in [-0.39, 0.29) is 5.91 Å². The summed E-state index contributed by atoms with van der Waals surface area (Å²) in [7, 11) is 1.78. The first-order chi connectivity index (χ1) is 7.79. The summed E-state index contributed by atoms with van der Waals surface area (Å²) in [4.78, 5) is 19.7. The number of carbonyl (C=O) groups is 1. The van der Waals surface area contributed by atoms with Crippen LogP contribution in [0.3, 0.4) is 0 Å². The number of nitrogens with one attached hydrogen (secondary N) is 2. The van der Waals surface area contributed by atoms with E-state index >= 15 is 0 Å². The van der Waals surface area contributed by atoms with Crippen LogP contribution in [0.2, 0.25) is 0 Å². The maximum Gasteiger partial charge on any atom is 0.259 e. The van der Waals surface area contributed by atoms with E-state index in [0.717, 1.165) is 5.82 Å². The van der Waals surface area contributed by atoms with Gasteiger partial charge in [-0.05, 0) is 12.1 Å². The topological polar surface area (TPSA) is 66.9 Å². The Labute approximate surface area is 96.6 Å². The van der Waals surface area contributed by atoms with Gasteiger partial charge in [-0.1, -0.05) is 0 Å². The van der Waals surface area contributed by atoms with Gasteiger partial charge in [-0.15, -0.1) is 11.3 Å². The second-order valence-corrected chi connectivity index (χ2v) is 3.87. The molecule has 6 heteroatoms. The third-order valence-electron chi connectivity index (χ3n) is 1.93. The second kappa shape index (κ2) is 4.71. The Hall–Kier alpha value is -1.95. The van der Waals surface area contributed by atoms with Gasteiger partial charge in [0, 0.05) is 24.8 Å². The molecule has 0 aliphatic rings. The summed E-state index contributed by atoms with van der Waals surface area (Å²) >= 11 is 1.38. The monoisotopic (exact) mass is 234 g/mol. The Morgan fingerprint density at radius 3 is 2.81 bits per heavy atom. The van der Waals surface area contributed by atoms with Crippen LogP contribution in [0.4, 0.5) is 10.9 Å². The Morgan fingerprint density at radius 2 is 2.25 bits per heavy atom. The van der Waals surface area contributed by atoms with Crippen molar-refractivity contribution in [2.75, 3.05) is 17.7 Å². The molecule has 0 saturated heterocycles. The Balaban J connectivity index is 2.09. The van der Waals surface area contributed by atoms with E-state index in [4.69, 9.17) is 0 Å². The highest BCUT2D eigenvalue weighted by Crippen LogP contribution is 2.12. The van der Waals surface area contributed by atoms with Crippen LogP contribution in [0.15, 0.2) is 29.9 Å². The summed E-state index contributed by atoms with van der Waals surface area (Å²) in [5.74, 6) is 0.524.